The van der Waals surface area contributed by atoms with Crippen LogP contribution in [0, 0.1) is 6.92 Å². The number of hydrogen-bond acceptors (Lipinski definition) is 4. The lowest BCUT2D eigenvalue weighted by Gasteiger charge is -2.13. The van der Waals surface area contributed by atoms with Crippen LogP contribution in [0.4, 0.5) is 11.6 Å². The van der Waals surface area contributed by atoms with Crippen molar-refractivity contribution in [2.75, 3.05) is 5.32 Å². The molecule has 0 radical (unpaired) electrons. The van der Waals surface area contributed by atoms with E-state index in [-0.39, 0.29) is 0 Å². The predicted octanol–water partition coefficient (Wildman–Crippen LogP) is 4.78. The van der Waals surface area contributed by atoms with Crippen LogP contribution in [-0.2, 0) is 0 Å². The van der Waals surface area contributed by atoms with Crippen molar-refractivity contribution in [2.45, 2.75) is 38.6 Å². The van der Waals surface area contributed by atoms with Crippen molar-refractivity contribution in [2.24, 2.45) is 0 Å². The van der Waals surface area contributed by atoms with Gasteiger partial charge in [-0.1, -0.05) is 12.8 Å². The van der Waals surface area contributed by atoms with Crippen LogP contribution in [0.1, 0.15) is 37.3 Å². The fourth-order valence-corrected chi connectivity index (χ4v) is 3.97. The van der Waals surface area contributed by atoms with Crippen LogP contribution in [0.2, 0.25) is 0 Å². The zero-order valence-corrected chi connectivity index (χ0v) is 15.3. The largest absolute Gasteiger partial charge is 0.329 e. The van der Waals surface area contributed by atoms with Crippen LogP contribution in [0.3, 0.4) is 0 Å². The summed E-state index contributed by atoms with van der Waals surface area (Å²) in [6.07, 6.45) is 14.8. The van der Waals surface area contributed by atoms with Gasteiger partial charge in [0.1, 0.15) is 5.65 Å². The Morgan fingerprint density at radius 1 is 1.11 bits per heavy atom. The lowest BCUT2D eigenvalue weighted by molar-refractivity contribution is 0.532. The van der Waals surface area contributed by atoms with E-state index in [1.165, 1.54) is 31.2 Å². The quantitative estimate of drug-likeness (QED) is 0.570. The fourth-order valence-electron chi connectivity index (χ4n) is 3.97. The van der Waals surface area contributed by atoms with Crippen molar-refractivity contribution in [3.8, 4) is 5.69 Å². The van der Waals surface area contributed by atoms with E-state index in [4.69, 9.17) is 4.98 Å². The first-order chi connectivity index (χ1) is 13.3. The smallest absolute Gasteiger partial charge is 0.229 e. The second kappa shape index (κ2) is 6.54. The van der Waals surface area contributed by atoms with Gasteiger partial charge in [0.25, 0.3) is 0 Å². The minimum Gasteiger partial charge on any atom is -0.329 e. The third-order valence-corrected chi connectivity index (χ3v) is 5.41. The summed E-state index contributed by atoms with van der Waals surface area (Å²) < 4.78 is 4.33. The molecule has 3 heterocycles. The Morgan fingerprint density at radius 2 is 1.93 bits per heavy atom. The molecule has 27 heavy (non-hydrogen) atoms. The summed E-state index contributed by atoms with van der Waals surface area (Å²) in [5, 5.41) is 4.48. The molecule has 1 aliphatic carbocycles. The molecule has 3 aromatic heterocycles. The molecule has 1 saturated carbocycles. The number of benzene rings is 1. The average Bonchev–Trinajstić information content (AvgIpc) is 3.44. The van der Waals surface area contributed by atoms with E-state index < -0.39 is 0 Å². The predicted molar refractivity (Wildman–Crippen MR) is 107 cm³/mol. The Hall–Kier alpha value is -3.15. The lowest BCUT2D eigenvalue weighted by Crippen LogP contribution is -2.05. The molecule has 136 valence electrons. The zero-order chi connectivity index (χ0) is 18.2. The van der Waals surface area contributed by atoms with Crippen molar-refractivity contribution in [1.29, 1.82) is 0 Å². The van der Waals surface area contributed by atoms with Gasteiger partial charge in [0.2, 0.25) is 5.95 Å². The molecule has 1 aliphatic rings. The van der Waals surface area contributed by atoms with Gasteiger partial charge in [0.05, 0.1) is 6.33 Å². The highest BCUT2D eigenvalue weighted by molar-refractivity contribution is 5.81. The van der Waals surface area contributed by atoms with E-state index >= 15 is 0 Å². The summed E-state index contributed by atoms with van der Waals surface area (Å²) in [7, 11) is 0. The first-order valence-corrected chi connectivity index (χ1v) is 9.47. The molecule has 6 heteroatoms. The molecule has 0 saturated heterocycles. The number of hydrogen-bond donors (Lipinski definition) is 1. The number of aromatic nitrogens is 5. The highest BCUT2D eigenvalue weighted by Gasteiger charge is 2.20. The van der Waals surface area contributed by atoms with Gasteiger partial charge in [-0.15, -0.1) is 0 Å². The van der Waals surface area contributed by atoms with Gasteiger partial charge >= 0.3 is 0 Å². The number of nitrogens with one attached hydrogen (secondary N) is 1. The molecular weight excluding hydrogens is 336 g/mol. The van der Waals surface area contributed by atoms with Crippen LogP contribution in [0.15, 0.2) is 55.4 Å². The second-order valence-corrected chi connectivity index (χ2v) is 7.23. The van der Waals surface area contributed by atoms with Gasteiger partial charge in [0, 0.05) is 47.6 Å². The molecule has 1 aromatic carbocycles. The van der Waals surface area contributed by atoms with E-state index in [0.717, 1.165) is 22.4 Å². The normalized spacial score (nSPS) is 14.9. The summed E-state index contributed by atoms with van der Waals surface area (Å²) in [4.78, 5) is 13.4. The van der Waals surface area contributed by atoms with Crippen molar-refractivity contribution >= 4 is 22.7 Å². The average molecular weight is 358 g/mol. The molecular formula is C21H22N6. The summed E-state index contributed by atoms with van der Waals surface area (Å²) in [6, 6.07) is 8.73. The second-order valence-electron chi connectivity index (χ2n) is 7.23. The molecule has 0 atom stereocenters. The van der Waals surface area contributed by atoms with E-state index in [2.05, 4.69) is 33.0 Å². The number of aryl methyl sites for hydroxylation is 1. The first kappa shape index (κ1) is 16.1. The molecule has 0 unspecified atom stereocenters. The number of anilines is 2. The topological polar surface area (TPSA) is 60.6 Å². The Kier molecular flexibility index (Phi) is 3.89. The maximum Gasteiger partial charge on any atom is 0.229 e. The molecule has 5 rings (SSSR count). The van der Waals surface area contributed by atoms with Crippen LogP contribution in [-0.4, -0.2) is 24.1 Å². The highest BCUT2D eigenvalue weighted by Crippen LogP contribution is 2.33. The highest BCUT2D eigenvalue weighted by atomic mass is 15.2. The summed E-state index contributed by atoms with van der Waals surface area (Å²) in [5.41, 5.74) is 4.31. The number of nitrogens with zero attached hydrogens (tertiary/aromatic N) is 5. The minimum absolute atomic E-state index is 0.568. The molecule has 4 aromatic rings. The minimum atomic E-state index is 0.568. The van der Waals surface area contributed by atoms with Crippen molar-refractivity contribution in [3.05, 3.63) is 60.9 Å². The van der Waals surface area contributed by atoms with Crippen molar-refractivity contribution < 1.29 is 0 Å². The van der Waals surface area contributed by atoms with Crippen LogP contribution in [0.5, 0.6) is 0 Å². The van der Waals surface area contributed by atoms with E-state index in [0.29, 0.717) is 12.0 Å². The third-order valence-electron chi connectivity index (χ3n) is 5.41. The molecule has 1 N–H and O–H groups in total. The Bertz CT molecular complexity index is 1060. The molecule has 0 spiro atoms. The lowest BCUT2D eigenvalue weighted by atomic mass is 10.2. The maximum atomic E-state index is 4.83. The Balaban J connectivity index is 1.44. The molecule has 0 bridgehead atoms. The zero-order valence-electron chi connectivity index (χ0n) is 15.3. The van der Waals surface area contributed by atoms with E-state index in [9.17, 15) is 0 Å². The summed E-state index contributed by atoms with van der Waals surface area (Å²) in [5.74, 6) is 0.634. The molecule has 6 nitrogen and oxygen atoms in total. The molecule has 1 fully saturated rings. The summed E-state index contributed by atoms with van der Waals surface area (Å²) in [6.45, 7) is 2.14. The number of rotatable bonds is 4. The van der Waals surface area contributed by atoms with Gasteiger partial charge in [-0.2, -0.15) is 4.98 Å². The monoisotopic (exact) mass is 358 g/mol. The van der Waals surface area contributed by atoms with Crippen molar-refractivity contribution in [3.63, 3.8) is 0 Å². The van der Waals surface area contributed by atoms with Crippen LogP contribution >= 0.6 is 0 Å². The Morgan fingerprint density at radius 3 is 2.67 bits per heavy atom. The first-order valence-electron chi connectivity index (χ1n) is 9.47. The van der Waals surface area contributed by atoms with Gasteiger partial charge in [0.15, 0.2) is 0 Å². The fraction of sp³-hybridized carbons (Fsp3) is 0.286. The van der Waals surface area contributed by atoms with E-state index in [1.807, 2.05) is 41.2 Å². The van der Waals surface area contributed by atoms with Crippen LogP contribution < -0.4 is 5.32 Å². The third kappa shape index (κ3) is 2.97. The van der Waals surface area contributed by atoms with Gasteiger partial charge < -0.3 is 14.5 Å². The standard InChI is InChI=1S/C21H22N6/c1-15-13-27(18-4-2-3-5-18)20-19(15)12-23-21(25-20)24-16-6-8-17(9-7-16)26-11-10-22-14-26/h6-14,18H,2-5H2,1H3,(H,23,24,25). The van der Waals surface area contributed by atoms with Crippen LogP contribution in [0.25, 0.3) is 16.7 Å². The Labute approximate surface area is 157 Å². The van der Waals surface area contributed by atoms with Gasteiger partial charge in [-0.05, 0) is 49.6 Å². The van der Waals surface area contributed by atoms with Crippen molar-refractivity contribution in [1.82, 2.24) is 24.1 Å². The maximum absolute atomic E-state index is 4.83. The number of fused-ring (bicyclic) bond motifs is 1. The molecule has 0 aliphatic heterocycles. The number of imidazole rings is 1. The summed E-state index contributed by atoms with van der Waals surface area (Å²) >= 11 is 0. The SMILES string of the molecule is Cc1cn(C2CCCC2)c2nc(Nc3ccc(-n4ccnc4)cc3)ncc12. The van der Waals surface area contributed by atoms with Gasteiger partial charge in [-0.3, -0.25) is 0 Å². The molecule has 0 amide bonds. The van der Waals surface area contributed by atoms with E-state index in [1.54, 1.807) is 12.5 Å². The van der Waals surface area contributed by atoms with Gasteiger partial charge in [-0.25, -0.2) is 9.97 Å².